The van der Waals surface area contributed by atoms with E-state index in [9.17, 15) is 0 Å². The first kappa shape index (κ1) is 18.5. The summed E-state index contributed by atoms with van der Waals surface area (Å²) < 4.78 is 10.6. The van der Waals surface area contributed by atoms with Crippen LogP contribution in [0.5, 0.6) is 11.5 Å². The molecule has 6 heteroatoms. The number of ether oxygens (including phenoxy) is 2. The van der Waals surface area contributed by atoms with Gasteiger partial charge in [0.25, 0.3) is 0 Å². The second-order valence-corrected chi connectivity index (χ2v) is 6.09. The molecule has 22 heavy (non-hydrogen) atoms. The van der Waals surface area contributed by atoms with Crippen LogP contribution in [0, 0.1) is 0 Å². The lowest BCUT2D eigenvalue weighted by atomic mass is 10.2. The summed E-state index contributed by atoms with van der Waals surface area (Å²) in [7, 11) is 3.27. The van der Waals surface area contributed by atoms with Crippen molar-refractivity contribution >= 4 is 17.7 Å². The Hall–Kier alpha value is -1.56. The van der Waals surface area contributed by atoms with E-state index in [0.717, 1.165) is 36.1 Å². The SMILES string of the molecule is CCNC(=NCc1ccc(OC)c(OC)c1)NCC(C)SC. The summed E-state index contributed by atoms with van der Waals surface area (Å²) >= 11 is 1.83. The molecule has 1 atom stereocenters. The number of hydrogen-bond acceptors (Lipinski definition) is 4. The Morgan fingerprint density at radius 2 is 1.95 bits per heavy atom. The summed E-state index contributed by atoms with van der Waals surface area (Å²) in [6, 6.07) is 5.86. The predicted molar refractivity (Wildman–Crippen MR) is 95.3 cm³/mol. The van der Waals surface area contributed by atoms with E-state index in [-0.39, 0.29) is 0 Å². The second kappa shape index (κ2) is 10.2. The lowest BCUT2D eigenvalue weighted by molar-refractivity contribution is 0.354. The van der Waals surface area contributed by atoms with E-state index in [2.05, 4.69) is 35.7 Å². The summed E-state index contributed by atoms with van der Waals surface area (Å²) in [6.45, 7) is 6.56. The zero-order valence-electron chi connectivity index (χ0n) is 14.1. The highest BCUT2D eigenvalue weighted by molar-refractivity contribution is 7.99. The second-order valence-electron chi connectivity index (χ2n) is 4.81. The number of thioether (sulfide) groups is 1. The molecule has 0 fully saturated rings. The summed E-state index contributed by atoms with van der Waals surface area (Å²) in [5.41, 5.74) is 1.08. The summed E-state index contributed by atoms with van der Waals surface area (Å²) in [4.78, 5) is 4.61. The minimum atomic E-state index is 0.546. The van der Waals surface area contributed by atoms with Crippen LogP contribution in [-0.2, 0) is 6.54 Å². The fraction of sp³-hybridized carbons (Fsp3) is 0.562. The molecule has 2 N–H and O–H groups in total. The van der Waals surface area contributed by atoms with E-state index in [1.54, 1.807) is 14.2 Å². The van der Waals surface area contributed by atoms with Gasteiger partial charge in [-0.3, -0.25) is 0 Å². The van der Waals surface area contributed by atoms with Crippen molar-refractivity contribution in [3.05, 3.63) is 23.8 Å². The Balaban J connectivity index is 2.72. The molecule has 1 unspecified atom stereocenters. The third kappa shape index (κ3) is 6.05. The Bertz CT molecular complexity index is 480. The number of guanidine groups is 1. The van der Waals surface area contributed by atoms with Crippen LogP contribution in [0.15, 0.2) is 23.2 Å². The molecular formula is C16H27N3O2S. The number of methoxy groups -OCH3 is 2. The van der Waals surface area contributed by atoms with Gasteiger partial charge in [-0.1, -0.05) is 13.0 Å². The maximum absolute atomic E-state index is 5.32. The van der Waals surface area contributed by atoms with Gasteiger partial charge >= 0.3 is 0 Å². The number of hydrogen-bond donors (Lipinski definition) is 2. The average molecular weight is 325 g/mol. The van der Waals surface area contributed by atoms with E-state index in [4.69, 9.17) is 9.47 Å². The van der Waals surface area contributed by atoms with Gasteiger partial charge in [-0.25, -0.2) is 4.99 Å². The van der Waals surface area contributed by atoms with Gasteiger partial charge in [0.05, 0.1) is 20.8 Å². The van der Waals surface area contributed by atoms with Crippen LogP contribution in [0.3, 0.4) is 0 Å². The number of aliphatic imine (C=N–C) groups is 1. The highest BCUT2D eigenvalue weighted by atomic mass is 32.2. The molecule has 0 spiro atoms. The molecule has 0 aromatic heterocycles. The average Bonchev–Trinajstić information content (AvgIpc) is 2.56. The smallest absolute Gasteiger partial charge is 0.191 e. The number of rotatable bonds is 8. The molecule has 0 aliphatic heterocycles. The molecule has 0 radical (unpaired) electrons. The normalized spacial score (nSPS) is 12.7. The predicted octanol–water partition coefficient (Wildman–Crippen LogP) is 2.51. The molecule has 124 valence electrons. The molecule has 5 nitrogen and oxygen atoms in total. The molecule has 0 amide bonds. The standard InChI is InChI=1S/C16H27N3O2S/c1-6-17-16(18-10-12(2)22-5)19-11-13-7-8-14(20-3)15(9-13)21-4/h7-9,12H,6,10-11H2,1-5H3,(H2,17,18,19). The van der Waals surface area contributed by atoms with Crippen molar-refractivity contribution in [2.75, 3.05) is 33.6 Å². The van der Waals surface area contributed by atoms with Gasteiger partial charge in [0.2, 0.25) is 0 Å². The summed E-state index contributed by atoms with van der Waals surface area (Å²) in [5.74, 6) is 2.29. The summed E-state index contributed by atoms with van der Waals surface area (Å²) in [6.07, 6.45) is 2.11. The Kier molecular flexibility index (Phi) is 8.58. The van der Waals surface area contributed by atoms with Gasteiger partial charge in [0, 0.05) is 18.3 Å². The van der Waals surface area contributed by atoms with Crippen LogP contribution in [0.2, 0.25) is 0 Å². The number of nitrogens with one attached hydrogen (secondary N) is 2. The fourth-order valence-corrected chi connectivity index (χ4v) is 2.06. The van der Waals surface area contributed by atoms with Crippen LogP contribution < -0.4 is 20.1 Å². The molecule has 0 aliphatic rings. The van der Waals surface area contributed by atoms with E-state index in [0.29, 0.717) is 11.8 Å². The Morgan fingerprint density at radius 3 is 2.55 bits per heavy atom. The first-order chi connectivity index (χ1) is 10.6. The van der Waals surface area contributed by atoms with Crippen LogP contribution in [0.1, 0.15) is 19.4 Å². The lowest BCUT2D eigenvalue weighted by Gasteiger charge is -2.14. The summed E-state index contributed by atoms with van der Waals surface area (Å²) in [5, 5.41) is 7.16. The topological polar surface area (TPSA) is 54.9 Å². The molecule has 0 saturated carbocycles. The third-order valence-electron chi connectivity index (χ3n) is 3.17. The molecule has 1 rings (SSSR count). The Morgan fingerprint density at radius 1 is 1.23 bits per heavy atom. The quantitative estimate of drug-likeness (QED) is 0.568. The van der Waals surface area contributed by atoms with Crippen molar-refractivity contribution < 1.29 is 9.47 Å². The van der Waals surface area contributed by atoms with Crippen molar-refractivity contribution in [1.29, 1.82) is 0 Å². The minimum Gasteiger partial charge on any atom is -0.493 e. The zero-order chi connectivity index (χ0) is 16.4. The minimum absolute atomic E-state index is 0.546. The largest absolute Gasteiger partial charge is 0.493 e. The molecule has 0 saturated heterocycles. The molecule has 0 heterocycles. The van der Waals surface area contributed by atoms with Crippen LogP contribution in [0.4, 0.5) is 0 Å². The molecule has 0 aliphatic carbocycles. The van der Waals surface area contributed by atoms with Crippen LogP contribution in [0.25, 0.3) is 0 Å². The molecule has 0 bridgehead atoms. The van der Waals surface area contributed by atoms with Crippen molar-refractivity contribution in [1.82, 2.24) is 10.6 Å². The van der Waals surface area contributed by atoms with Crippen LogP contribution >= 0.6 is 11.8 Å². The van der Waals surface area contributed by atoms with Gasteiger partial charge in [-0.15, -0.1) is 0 Å². The number of nitrogens with zero attached hydrogens (tertiary/aromatic N) is 1. The van der Waals surface area contributed by atoms with E-state index < -0.39 is 0 Å². The van der Waals surface area contributed by atoms with Gasteiger partial charge in [0.15, 0.2) is 17.5 Å². The first-order valence-electron chi connectivity index (χ1n) is 7.40. The maximum atomic E-state index is 5.32. The van der Waals surface area contributed by atoms with Crippen molar-refractivity contribution in [2.24, 2.45) is 4.99 Å². The van der Waals surface area contributed by atoms with Gasteiger partial charge < -0.3 is 20.1 Å². The van der Waals surface area contributed by atoms with E-state index in [1.165, 1.54) is 0 Å². The molecular weight excluding hydrogens is 298 g/mol. The zero-order valence-corrected chi connectivity index (χ0v) is 14.9. The van der Waals surface area contributed by atoms with Crippen molar-refractivity contribution in [2.45, 2.75) is 25.6 Å². The van der Waals surface area contributed by atoms with Crippen molar-refractivity contribution in [3.8, 4) is 11.5 Å². The van der Waals surface area contributed by atoms with E-state index in [1.807, 2.05) is 30.0 Å². The molecule has 1 aromatic carbocycles. The Labute approximate surface area is 137 Å². The van der Waals surface area contributed by atoms with Gasteiger partial charge in [0.1, 0.15) is 0 Å². The third-order valence-corrected chi connectivity index (χ3v) is 4.14. The van der Waals surface area contributed by atoms with E-state index >= 15 is 0 Å². The number of benzene rings is 1. The highest BCUT2D eigenvalue weighted by Crippen LogP contribution is 2.27. The van der Waals surface area contributed by atoms with Crippen LogP contribution in [-0.4, -0.2) is 44.8 Å². The monoisotopic (exact) mass is 325 g/mol. The van der Waals surface area contributed by atoms with Gasteiger partial charge in [-0.2, -0.15) is 11.8 Å². The van der Waals surface area contributed by atoms with Crippen molar-refractivity contribution in [3.63, 3.8) is 0 Å². The fourth-order valence-electron chi connectivity index (χ4n) is 1.81. The highest BCUT2D eigenvalue weighted by Gasteiger charge is 2.05. The first-order valence-corrected chi connectivity index (χ1v) is 8.69. The van der Waals surface area contributed by atoms with Gasteiger partial charge in [-0.05, 0) is 30.9 Å². The maximum Gasteiger partial charge on any atom is 0.191 e. The molecule has 1 aromatic rings. The lowest BCUT2D eigenvalue weighted by Crippen LogP contribution is -2.40.